The largest absolute Gasteiger partial charge is 0.465 e. The number of carbonyl (C=O) groups is 1. The number of carbonyl (C=O) groups excluding carboxylic acids is 1. The fourth-order valence-electron chi connectivity index (χ4n) is 4.56. The van der Waals surface area contributed by atoms with E-state index in [9.17, 15) is 33.4 Å². The van der Waals surface area contributed by atoms with Crippen molar-refractivity contribution in [3.63, 3.8) is 0 Å². The molecular weight excluding hydrogens is 707 g/mol. The summed E-state index contributed by atoms with van der Waals surface area (Å²) in [5, 5.41) is 48.6. The lowest BCUT2D eigenvalue weighted by Crippen LogP contribution is -2.30. The van der Waals surface area contributed by atoms with E-state index in [1.54, 1.807) is 18.3 Å². The zero-order chi connectivity index (χ0) is 37.4. The quantitative estimate of drug-likeness (QED) is 0.0810. The van der Waals surface area contributed by atoms with Gasteiger partial charge in [-0.2, -0.15) is 0 Å². The number of esters is 1. The third kappa shape index (κ3) is 11.2. The molecule has 2 N–H and O–H groups in total. The van der Waals surface area contributed by atoms with Crippen molar-refractivity contribution in [1.29, 1.82) is 0 Å². The number of methoxy groups -OCH3 is 1. The van der Waals surface area contributed by atoms with Gasteiger partial charge in [-0.3, -0.25) is 34.9 Å². The van der Waals surface area contributed by atoms with Crippen LogP contribution in [0.5, 0.6) is 0 Å². The van der Waals surface area contributed by atoms with Gasteiger partial charge in [0.25, 0.3) is 11.4 Å². The fourth-order valence-corrected chi connectivity index (χ4v) is 8.48. The number of aliphatic hydroxyl groups excluding tert-OH is 1. The minimum atomic E-state index is -4.55. The van der Waals surface area contributed by atoms with E-state index in [1.807, 2.05) is 4.68 Å². The van der Waals surface area contributed by atoms with Gasteiger partial charge >= 0.3 is 5.97 Å². The van der Waals surface area contributed by atoms with Crippen LogP contribution in [0.15, 0.2) is 59.8 Å². The van der Waals surface area contributed by atoms with Gasteiger partial charge in [0.2, 0.25) is 9.84 Å². The van der Waals surface area contributed by atoms with Gasteiger partial charge < -0.3 is 9.84 Å². The highest BCUT2D eigenvalue weighted by atomic mass is 32.2. The monoisotopic (exact) mass is 747 g/mol. The van der Waals surface area contributed by atoms with Crippen LogP contribution < -0.4 is 5.32 Å². The highest BCUT2D eigenvalue weighted by Gasteiger charge is 2.37. The summed E-state index contributed by atoms with van der Waals surface area (Å²) in [7, 11) is -6.08. The molecule has 0 saturated heterocycles. The van der Waals surface area contributed by atoms with Crippen molar-refractivity contribution in [2.24, 2.45) is 0 Å². The number of ether oxygens (including phenoxy) is 1. The molecule has 0 aliphatic carbocycles. The summed E-state index contributed by atoms with van der Waals surface area (Å²) in [5.41, 5.74) is 0.00643. The van der Waals surface area contributed by atoms with E-state index in [0.29, 0.717) is 29.1 Å². The molecule has 0 aliphatic rings. The van der Waals surface area contributed by atoms with E-state index < -0.39 is 63.4 Å². The zero-order valence-corrected chi connectivity index (χ0v) is 31.6. The Morgan fingerprint density at radius 1 is 0.920 bits per heavy atom. The van der Waals surface area contributed by atoms with Gasteiger partial charge in [0, 0.05) is 24.9 Å². The van der Waals surface area contributed by atoms with Crippen LogP contribution in [0.25, 0.3) is 0 Å². The number of nitrogens with zero attached hydrogens (tertiary/aromatic N) is 8. The van der Waals surface area contributed by atoms with Crippen LogP contribution in [0.3, 0.4) is 0 Å². The highest BCUT2D eigenvalue weighted by molar-refractivity contribution is 7.91. The summed E-state index contributed by atoms with van der Waals surface area (Å²) >= 11 is 0. The van der Waals surface area contributed by atoms with Crippen molar-refractivity contribution >= 4 is 43.3 Å². The minimum absolute atomic E-state index is 0.00193. The first-order valence-electron chi connectivity index (χ1n) is 15.2. The number of hydrogen-bond acceptors (Lipinski definition) is 14. The van der Waals surface area contributed by atoms with Crippen molar-refractivity contribution in [3.8, 4) is 0 Å². The van der Waals surface area contributed by atoms with Crippen molar-refractivity contribution in [3.05, 3.63) is 97.6 Å². The standard InChI is InChI=1S/C22H26N6O8SSi.C7H15N3OSi/c1-36-22(29)16-7-5-15(6-8-16)12-23-21(18-13-26(25-24-18)14-38(2,3)4)37(34,35)20-10-9-17(27(30)31)11-19(20)28(32)33;1-12(2,3)6-10-4-7(5-11)8-9-10/h5-11,13,21,23H,12,14H2,1-4H3;4,11H,5-6H2,1-3H3. The average Bonchev–Trinajstić information content (AvgIpc) is 3.68. The van der Waals surface area contributed by atoms with Crippen LogP contribution in [-0.2, 0) is 40.1 Å². The summed E-state index contributed by atoms with van der Waals surface area (Å²) in [4.78, 5) is 32.0. The molecule has 50 heavy (non-hydrogen) atoms. The molecule has 1 unspecified atom stereocenters. The van der Waals surface area contributed by atoms with Crippen LogP contribution >= 0.6 is 0 Å². The van der Waals surface area contributed by atoms with Crippen LogP contribution in [-0.4, -0.2) is 82.6 Å². The van der Waals surface area contributed by atoms with Gasteiger partial charge in [-0.1, -0.05) is 61.8 Å². The third-order valence-electron chi connectivity index (χ3n) is 6.68. The summed E-state index contributed by atoms with van der Waals surface area (Å²) in [5.74, 6) is -0.533. The zero-order valence-electron chi connectivity index (χ0n) is 28.8. The molecule has 18 nitrogen and oxygen atoms in total. The number of aliphatic hydroxyl groups is 1. The molecule has 4 aromatic rings. The van der Waals surface area contributed by atoms with Gasteiger partial charge in [0.05, 0.1) is 63.7 Å². The van der Waals surface area contributed by atoms with Crippen LogP contribution in [0.4, 0.5) is 11.4 Å². The van der Waals surface area contributed by atoms with Crippen molar-refractivity contribution < 1.29 is 32.9 Å². The molecule has 0 saturated carbocycles. The maximum absolute atomic E-state index is 13.8. The van der Waals surface area contributed by atoms with Gasteiger partial charge in [-0.15, -0.1) is 10.2 Å². The lowest BCUT2D eigenvalue weighted by molar-refractivity contribution is -0.396. The van der Waals surface area contributed by atoms with E-state index in [-0.39, 0.29) is 18.8 Å². The Kier molecular flexibility index (Phi) is 13.0. The molecule has 2 aromatic heterocycles. The van der Waals surface area contributed by atoms with E-state index in [1.165, 1.54) is 30.1 Å². The number of rotatable bonds is 14. The second kappa shape index (κ2) is 16.3. The third-order valence-corrected chi connectivity index (χ3v) is 11.2. The number of hydrogen-bond donors (Lipinski definition) is 2. The molecule has 270 valence electrons. The summed E-state index contributed by atoms with van der Waals surface area (Å²) in [6, 6.07) is 8.56. The molecule has 2 aromatic carbocycles. The second-order valence-corrected chi connectivity index (χ2v) is 26.6. The first kappa shape index (κ1) is 39.7. The maximum atomic E-state index is 13.8. The molecule has 0 radical (unpaired) electrons. The summed E-state index contributed by atoms with van der Waals surface area (Å²) in [6.45, 7) is 13.1. The number of non-ortho nitro benzene ring substituents is 1. The van der Waals surface area contributed by atoms with E-state index >= 15 is 0 Å². The van der Waals surface area contributed by atoms with Crippen LogP contribution in [0, 0.1) is 20.2 Å². The number of nitro benzene ring substituents is 2. The Hall–Kier alpha value is -4.71. The van der Waals surface area contributed by atoms with Crippen molar-refractivity contribution in [2.45, 2.75) is 75.0 Å². The highest BCUT2D eigenvalue weighted by Crippen LogP contribution is 2.34. The minimum Gasteiger partial charge on any atom is -0.465 e. The van der Waals surface area contributed by atoms with Gasteiger partial charge in [0.1, 0.15) is 16.3 Å². The van der Waals surface area contributed by atoms with E-state index in [2.05, 4.69) is 70.0 Å². The molecule has 0 bridgehead atoms. The van der Waals surface area contributed by atoms with Crippen molar-refractivity contribution in [2.75, 3.05) is 7.11 Å². The Morgan fingerprint density at radius 3 is 2.00 bits per heavy atom. The first-order chi connectivity index (χ1) is 23.2. The number of nitrogens with one attached hydrogen (secondary N) is 1. The Balaban J connectivity index is 0.000000474. The van der Waals surface area contributed by atoms with E-state index in [4.69, 9.17) is 5.11 Å². The number of benzene rings is 2. The molecule has 0 aliphatic heterocycles. The van der Waals surface area contributed by atoms with Crippen LogP contribution in [0.1, 0.15) is 32.7 Å². The van der Waals surface area contributed by atoms with Gasteiger partial charge in [0.15, 0.2) is 5.37 Å². The Labute approximate surface area is 290 Å². The maximum Gasteiger partial charge on any atom is 0.337 e. The van der Waals surface area contributed by atoms with Gasteiger partial charge in [-0.05, 0) is 23.8 Å². The smallest absolute Gasteiger partial charge is 0.337 e. The SMILES string of the molecule is COC(=O)c1ccc(CNC(c2cn(C[Si](C)(C)C)nn2)S(=O)(=O)c2ccc([N+](=O)[O-])cc2[N+](=O)[O-])cc1.C[Si](C)(C)Cn1cc(CO)nn1. The molecule has 2 heterocycles. The number of sulfone groups is 1. The molecular formula is C29H41N9O9SSi2. The first-order valence-corrected chi connectivity index (χ1v) is 24.2. The molecule has 0 amide bonds. The second-order valence-electron chi connectivity index (χ2n) is 13.7. The summed E-state index contributed by atoms with van der Waals surface area (Å²) in [6.07, 6.45) is 4.78. The average molecular weight is 748 g/mol. The van der Waals surface area contributed by atoms with E-state index in [0.717, 1.165) is 18.3 Å². The van der Waals surface area contributed by atoms with Crippen molar-refractivity contribution in [1.82, 2.24) is 35.3 Å². The molecule has 0 fully saturated rings. The Morgan fingerprint density at radius 2 is 1.50 bits per heavy atom. The lowest BCUT2D eigenvalue weighted by atomic mass is 10.1. The topological polar surface area (TPSA) is 240 Å². The van der Waals surface area contributed by atoms with Gasteiger partial charge in [-0.25, -0.2) is 13.2 Å². The molecule has 21 heteroatoms. The molecule has 0 spiro atoms. The summed E-state index contributed by atoms with van der Waals surface area (Å²) < 4.78 is 35.6. The Bertz CT molecular complexity index is 1920. The normalized spacial score (nSPS) is 12.5. The predicted molar refractivity (Wildman–Crippen MR) is 187 cm³/mol. The fraction of sp³-hybridized carbons (Fsp3) is 0.414. The molecule has 1 atom stereocenters. The molecule has 4 rings (SSSR count). The number of nitro groups is 2. The number of aromatic nitrogens is 6. The predicted octanol–water partition coefficient (Wildman–Crippen LogP) is 3.67. The lowest BCUT2D eigenvalue weighted by Gasteiger charge is -2.18. The van der Waals surface area contributed by atoms with Crippen LogP contribution in [0.2, 0.25) is 39.3 Å².